The summed E-state index contributed by atoms with van der Waals surface area (Å²) < 4.78 is 11.9. The quantitative estimate of drug-likeness (QED) is 0.582. The Hall–Kier alpha value is -2.25. The summed E-state index contributed by atoms with van der Waals surface area (Å²) in [4.78, 5) is 12.1. The molecule has 3 N–H and O–H groups in total. The number of hydrogen-bond donors (Lipinski definition) is 3. The summed E-state index contributed by atoms with van der Waals surface area (Å²) in [6.45, 7) is -0.493. The van der Waals surface area contributed by atoms with Gasteiger partial charge in [-0.05, 0) is 0 Å². The Labute approximate surface area is 125 Å². The lowest BCUT2D eigenvalue weighted by atomic mass is 9.95. The van der Waals surface area contributed by atoms with Crippen molar-refractivity contribution in [3.63, 3.8) is 0 Å². The molecular formula is C13H14N4O5. The Bertz CT molecular complexity index is 742. The summed E-state index contributed by atoms with van der Waals surface area (Å²) in [7, 11) is 1.44. The number of nitrogens with zero attached hydrogens (tertiary/aromatic N) is 4. The van der Waals surface area contributed by atoms with E-state index in [0.29, 0.717) is 11.2 Å². The lowest BCUT2D eigenvalue weighted by molar-refractivity contribution is -0.0721. The minimum atomic E-state index is -2.03. The summed E-state index contributed by atoms with van der Waals surface area (Å²) in [5, 5.41) is 29.9. The molecule has 0 aromatic carbocycles. The van der Waals surface area contributed by atoms with Crippen LogP contribution >= 0.6 is 0 Å². The van der Waals surface area contributed by atoms with Crippen molar-refractivity contribution in [2.75, 3.05) is 13.7 Å². The number of aromatic nitrogens is 4. The van der Waals surface area contributed by atoms with Gasteiger partial charge in [-0.15, -0.1) is 6.42 Å². The largest absolute Gasteiger partial charge is 0.479 e. The molecule has 1 aliphatic heterocycles. The zero-order valence-corrected chi connectivity index (χ0v) is 11.6. The van der Waals surface area contributed by atoms with Gasteiger partial charge >= 0.3 is 0 Å². The molecule has 1 unspecified atom stereocenters. The van der Waals surface area contributed by atoms with Crippen LogP contribution < -0.4 is 4.74 Å². The van der Waals surface area contributed by atoms with Crippen molar-refractivity contribution in [1.29, 1.82) is 0 Å². The Balaban J connectivity index is 2.13. The molecule has 9 nitrogen and oxygen atoms in total. The number of ether oxygens (including phenoxy) is 2. The highest BCUT2D eigenvalue weighted by Crippen LogP contribution is 2.39. The van der Waals surface area contributed by atoms with Crippen molar-refractivity contribution in [2.24, 2.45) is 0 Å². The smallest absolute Gasteiger partial charge is 0.245 e. The SMILES string of the molecule is C#CC1(O)[C@@H](O)[C@@H](CO)O[C@H]1n1cnc2c(OC)ncnc21. The van der Waals surface area contributed by atoms with E-state index in [4.69, 9.17) is 15.9 Å². The van der Waals surface area contributed by atoms with Gasteiger partial charge in [0.2, 0.25) is 5.88 Å². The molecule has 116 valence electrons. The highest BCUT2D eigenvalue weighted by atomic mass is 16.6. The molecule has 0 spiro atoms. The van der Waals surface area contributed by atoms with E-state index in [0.717, 1.165) is 0 Å². The first-order valence-electron chi connectivity index (χ1n) is 6.42. The molecule has 2 aromatic heterocycles. The molecule has 4 atom stereocenters. The number of aliphatic hydroxyl groups excluding tert-OH is 2. The van der Waals surface area contributed by atoms with E-state index in [2.05, 4.69) is 20.9 Å². The Morgan fingerprint density at radius 1 is 1.50 bits per heavy atom. The maximum absolute atomic E-state index is 10.5. The number of imidazole rings is 1. The molecule has 0 saturated carbocycles. The summed E-state index contributed by atoms with van der Waals surface area (Å²) in [5.74, 6) is 2.39. The second-order valence-corrected chi connectivity index (χ2v) is 4.83. The number of methoxy groups -OCH3 is 1. The number of rotatable bonds is 3. The van der Waals surface area contributed by atoms with Crippen LogP contribution in [0.3, 0.4) is 0 Å². The molecule has 9 heteroatoms. The van der Waals surface area contributed by atoms with E-state index < -0.39 is 30.6 Å². The Kier molecular flexibility index (Phi) is 3.46. The second kappa shape index (κ2) is 5.19. The average Bonchev–Trinajstić information content (AvgIpc) is 3.08. The fraction of sp³-hybridized carbons (Fsp3) is 0.462. The topological polar surface area (TPSA) is 123 Å². The van der Waals surface area contributed by atoms with Gasteiger partial charge in [0.05, 0.1) is 20.0 Å². The van der Waals surface area contributed by atoms with Crippen LogP contribution in [0.4, 0.5) is 0 Å². The van der Waals surface area contributed by atoms with Crippen molar-refractivity contribution in [1.82, 2.24) is 19.5 Å². The molecule has 0 aliphatic carbocycles. The van der Waals surface area contributed by atoms with E-state index in [1.54, 1.807) is 0 Å². The van der Waals surface area contributed by atoms with Gasteiger partial charge in [0.1, 0.15) is 18.5 Å². The zero-order chi connectivity index (χ0) is 15.9. The predicted octanol–water partition coefficient (Wildman–Crippen LogP) is -1.55. The molecule has 2 aromatic rings. The molecule has 0 bridgehead atoms. The Morgan fingerprint density at radius 2 is 2.27 bits per heavy atom. The van der Waals surface area contributed by atoms with Crippen molar-refractivity contribution in [3.05, 3.63) is 12.7 Å². The fourth-order valence-electron chi connectivity index (χ4n) is 2.50. The van der Waals surface area contributed by atoms with Crippen LogP contribution in [-0.4, -0.2) is 66.4 Å². The molecule has 3 rings (SSSR count). The van der Waals surface area contributed by atoms with E-state index in [-0.39, 0.29) is 5.88 Å². The van der Waals surface area contributed by atoms with Crippen molar-refractivity contribution in [3.8, 4) is 18.2 Å². The average molecular weight is 306 g/mol. The molecule has 3 heterocycles. The van der Waals surface area contributed by atoms with Crippen LogP contribution in [0.1, 0.15) is 6.23 Å². The molecule has 1 aliphatic rings. The predicted molar refractivity (Wildman–Crippen MR) is 72.7 cm³/mol. The lowest BCUT2D eigenvalue weighted by Gasteiger charge is -2.26. The van der Waals surface area contributed by atoms with E-state index in [1.165, 1.54) is 24.3 Å². The Morgan fingerprint density at radius 3 is 2.91 bits per heavy atom. The van der Waals surface area contributed by atoms with Crippen LogP contribution in [-0.2, 0) is 4.74 Å². The summed E-state index contributed by atoms with van der Waals surface area (Å²) in [6, 6.07) is 0. The van der Waals surface area contributed by atoms with Gasteiger partial charge in [0.25, 0.3) is 0 Å². The molecule has 1 saturated heterocycles. The van der Waals surface area contributed by atoms with Gasteiger partial charge in [-0.3, -0.25) is 4.57 Å². The first kappa shape index (κ1) is 14.7. The minimum Gasteiger partial charge on any atom is -0.479 e. The van der Waals surface area contributed by atoms with Crippen LogP contribution in [0.25, 0.3) is 11.2 Å². The maximum Gasteiger partial charge on any atom is 0.245 e. The number of aliphatic hydroxyl groups is 3. The van der Waals surface area contributed by atoms with Crippen LogP contribution in [0, 0.1) is 12.3 Å². The highest BCUT2D eigenvalue weighted by molar-refractivity contribution is 5.76. The van der Waals surface area contributed by atoms with Gasteiger partial charge in [0.15, 0.2) is 23.0 Å². The monoisotopic (exact) mass is 306 g/mol. The van der Waals surface area contributed by atoms with E-state index in [9.17, 15) is 15.3 Å². The van der Waals surface area contributed by atoms with Gasteiger partial charge in [-0.2, -0.15) is 4.98 Å². The van der Waals surface area contributed by atoms with Gasteiger partial charge in [-0.1, -0.05) is 5.92 Å². The molecule has 0 radical (unpaired) electrons. The van der Waals surface area contributed by atoms with Gasteiger partial charge in [-0.25, -0.2) is 9.97 Å². The molecule has 1 fully saturated rings. The normalized spacial score (nSPS) is 31.3. The highest BCUT2D eigenvalue weighted by Gasteiger charge is 2.55. The molecule has 0 amide bonds. The third-order valence-electron chi connectivity index (χ3n) is 3.67. The molecular weight excluding hydrogens is 292 g/mol. The number of hydrogen-bond acceptors (Lipinski definition) is 8. The van der Waals surface area contributed by atoms with Gasteiger partial charge < -0.3 is 24.8 Å². The summed E-state index contributed by atoms with van der Waals surface area (Å²) in [6.07, 6.45) is 4.35. The standard InChI is InChI=1S/C13H14N4O5/c1-3-13(20)9(19)7(4-18)22-12(13)17-6-16-8-10(17)14-5-15-11(8)21-2/h1,5-7,9,12,18-20H,4H2,2H3/t7-,9+,12-,13?/m1/s1. The maximum atomic E-state index is 10.5. The van der Waals surface area contributed by atoms with Crippen LogP contribution in [0.15, 0.2) is 12.7 Å². The first-order valence-corrected chi connectivity index (χ1v) is 6.42. The van der Waals surface area contributed by atoms with Crippen molar-refractivity contribution in [2.45, 2.75) is 24.0 Å². The van der Waals surface area contributed by atoms with E-state index in [1.807, 2.05) is 0 Å². The summed E-state index contributed by atoms with van der Waals surface area (Å²) in [5.41, 5.74) is -1.36. The van der Waals surface area contributed by atoms with Crippen molar-refractivity contribution >= 4 is 11.2 Å². The molecule has 22 heavy (non-hydrogen) atoms. The van der Waals surface area contributed by atoms with Crippen LogP contribution in [0.5, 0.6) is 5.88 Å². The third kappa shape index (κ3) is 1.86. The zero-order valence-electron chi connectivity index (χ0n) is 11.6. The second-order valence-electron chi connectivity index (χ2n) is 4.83. The first-order chi connectivity index (χ1) is 10.6. The third-order valence-corrected chi connectivity index (χ3v) is 3.67. The minimum absolute atomic E-state index is 0.255. The summed E-state index contributed by atoms with van der Waals surface area (Å²) >= 11 is 0. The van der Waals surface area contributed by atoms with Gasteiger partial charge in [0, 0.05) is 0 Å². The number of terminal acetylenes is 1. The van der Waals surface area contributed by atoms with Crippen LogP contribution in [0.2, 0.25) is 0 Å². The fourth-order valence-corrected chi connectivity index (χ4v) is 2.50. The van der Waals surface area contributed by atoms with Crippen molar-refractivity contribution < 1.29 is 24.8 Å². The van der Waals surface area contributed by atoms with E-state index >= 15 is 0 Å². The number of fused-ring (bicyclic) bond motifs is 1. The lowest BCUT2D eigenvalue weighted by Crippen LogP contribution is -2.45.